The van der Waals surface area contributed by atoms with Gasteiger partial charge in [-0.3, -0.25) is 4.79 Å². The van der Waals surface area contributed by atoms with E-state index in [4.69, 9.17) is 0 Å². The monoisotopic (exact) mass is 304 g/mol. The second-order valence-corrected chi connectivity index (χ2v) is 3.90. The van der Waals surface area contributed by atoms with Crippen LogP contribution in [-0.4, -0.2) is 11.9 Å². The molecule has 0 aliphatic heterocycles. The SMILES string of the molecule is CC(=O)Nc1ccc(I)cc1C(=O)[O-]. The van der Waals surface area contributed by atoms with Gasteiger partial charge in [0.05, 0.1) is 5.97 Å². The molecule has 0 radical (unpaired) electrons. The molecule has 1 rings (SSSR count). The summed E-state index contributed by atoms with van der Waals surface area (Å²) >= 11 is 1.99. The number of carboxylic acid groups (broad SMARTS) is 1. The molecule has 0 aromatic heterocycles. The summed E-state index contributed by atoms with van der Waals surface area (Å²) < 4.78 is 0.774. The highest BCUT2D eigenvalue weighted by atomic mass is 127. The van der Waals surface area contributed by atoms with Crippen LogP contribution in [0.4, 0.5) is 5.69 Å². The van der Waals surface area contributed by atoms with E-state index >= 15 is 0 Å². The summed E-state index contributed by atoms with van der Waals surface area (Å²) in [6.45, 7) is 1.32. The minimum absolute atomic E-state index is 0.00731. The molecule has 1 N–H and O–H groups in total. The second kappa shape index (κ2) is 4.41. The highest BCUT2D eigenvalue weighted by molar-refractivity contribution is 14.1. The van der Waals surface area contributed by atoms with E-state index in [9.17, 15) is 14.7 Å². The van der Waals surface area contributed by atoms with Gasteiger partial charge in [0.15, 0.2) is 0 Å². The standard InChI is InChI=1S/C9H8INO3/c1-5(12)11-8-3-2-6(10)4-7(8)9(13)14/h2-4H,1H3,(H,11,12)(H,13,14)/p-1. The van der Waals surface area contributed by atoms with Crippen molar-refractivity contribution in [2.45, 2.75) is 6.92 Å². The fourth-order valence-corrected chi connectivity index (χ4v) is 1.48. The number of anilines is 1. The van der Waals surface area contributed by atoms with Crippen molar-refractivity contribution in [1.29, 1.82) is 0 Å². The van der Waals surface area contributed by atoms with Crippen molar-refractivity contribution in [2.24, 2.45) is 0 Å². The molecule has 4 nitrogen and oxygen atoms in total. The van der Waals surface area contributed by atoms with E-state index < -0.39 is 5.97 Å². The van der Waals surface area contributed by atoms with Crippen molar-refractivity contribution in [3.63, 3.8) is 0 Å². The molecule has 1 aromatic rings. The van der Waals surface area contributed by atoms with Gasteiger partial charge in [0.1, 0.15) is 0 Å². The molecule has 1 aromatic carbocycles. The number of hydrogen-bond acceptors (Lipinski definition) is 3. The molecular weight excluding hydrogens is 297 g/mol. The van der Waals surface area contributed by atoms with Gasteiger partial charge >= 0.3 is 0 Å². The van der Waals surface area contributed by atoms with Gasteiger partial charge in [-0.25, -0.2) is 0 Å². The van der Waals surface area contributed by atoms with Crippen molar-refractivity contribution in [3.05, 3.63) is 27.3 Å². The predicted molar refractivity (Wildman–Crippen MR) is 57.8 cm³/mol. The zero-order valence-electron chi connectivity index (χ0n) is 7.33. The molecule has 14 heavy (non-hydrogen) atoms. The largest absolute Gasteiger partial charge is 0.545 e. The number of amides is 1. The Labute approximate surface area is 94.5 Å². The maximum atomic E-state index is 10.7. The molecule has 0 saturated carbocycles. The van der Waals surface area contributed by atoms with Gasteiger partial charge in [-0.2, -0.15) is 0 Å². The normalized spacial score (nSPS) is 9.57. The Morgan fingerprint density at radius 3 is 2.57 bits per heavy atom. The molecular formula is C9H7INO3-. The number of carboxylic acids is 1. The Morgan fingerprint density at radius 1 is 1.43 bits per heavy atom. The summed E-state index contributed by atoms with van der Waals surface area (Å²) in [4.78, 5) is 21.4. The maximum Gasteiger partial charge on any atom is 0.221 e. The number of carbonyl (C=O) groups is 2. The average Bonchev–Trinajstić information content (AvgIpc) is 2.07. The van der Waals surface area contributed by atoms with Crippen molar-refractivity contribution in [3.8, 4) is 0 Å². The molecule has 0 fully saturated rings. The van der Waals surface area contributed by atoms with Crippen LogP contribution >= 0.6 is 22.6 Å². The summed E-state index contributed by atoms with van der Waals surface area (Å²) in [6, 6.07) is 4.69. The number of carbonyl (C=O) groups excluding carboxylic acids is 2. The molecule has 0 unspecified atom stereocenters. The first kappa shape index (κ1) is 11.0. The summed E-state index contributed by atoms with van der Waals surface area (Å²) in [7, 11) is 0. The van der Waals surface area contributed by atoms with E-state index in [1.54, 1.807) is 6.07 Å². The van der Waals surface area contributed by atoms with Crippen LogP contribution in [0.3, 0.4) is 0 Å². The number of halogens is 1. The van der Waals surface area contributed by atoms with Crippen LogP contribution in [0, 0.1) is 3.57 Å². The first-order valence-corrected chi connectivity index (χ1v) is 4.87. The van der Waals surface area contributed by atoms with Gasteiger partial charge in [0, 0.05) is 21.7 Å². The molecule has 0 aliphatic carbocycles. The number of hydrogen-bond donors (Lipinski definition) is 1. The van der Waals surface area contributed by atoms with E-state index in [0.29, 0.717) is 0 Å². The summed E-state index contributed by atoms with van der Waals surface area (Å²) in [5, 5.41) is 13.1. The lowest BCUT2D eigenvalue weighted by atomic mass is 10.2. The van der Waals surface area contributed by atoms with Gasteiger partial charge in [-0.05, 0) is 40.8 Å². The minimum atomic E-state index is -1.30. The lowest BCUT2D eigenvalue weighted by Gasteiger charge is -2.10. The van der Waals surface area contributed by atoms with Gasteiger partial charge in [0.2, 0.25) is 5.91 Å². The molecule has 5 heteroatoms. The molecule has 0 saturated heterocycles. The minimum Gasteiger partial charge on any atom is -0.545 e. The Bertz CT molecular complexity index is 390. The van der Waals surface area contributed by atoms with Crippen LogP contribution in [0.25, 0.3) is 0 Å². The average molecular weight is 304 g/mol. The predicted octanol–water partition coefficient (Wildman–Crippen LogP) is 0.613. The molecule has 0 spiro atoms. The van der Waals surface area contributed by atoms with E-state index in [-0.39, 0.29) is 17.2 Å². The maximum absolute atomic E-state index is 10.7. The molecule has 0 bridgehead atoms. The first-order valence-electron chi connectivity index (χ1n) is 3.79. The van der Waals surface area contributed by atoms with E-state index in [2.05, 4.69) is 5.32 Å². The fourth-order valence-electron chi connectivity index (χ4n) is 0.984. The van der Waals surface area contributed by atoms with Crippen molar-refractivity contribution < 1.29 is 14.7 Å². The lowest BCUT2D eigenvalue weighted by Crippen LogP contribution is -2.24. The molecule has 0 atom stereocenters. The highest BCUT2D eigenvalue weighted by Crippen LogP contribution is 2.18. The van der Waals surface area contributed by atoms with Crippen molar-refractivity contribution >= 4 is 40.2 Å². The topological polar surface area (TPSA) is 69.2 Å². The number of aromatic carboxylic acids is 1. The Kier molecular flexibility index (Phi) is 3.45. The van der Waals surface area contributed by atoms with Gasteiger partial charge < -0.3 is 15.2 Å². The molecule has 1 amide bonds. The van der Waals surface area contributed by atoms with Crippen molar-refractivity contribution in [2.75, 3.05) is 5.32 Å². The smallest absolute Gasteiger partial charge is 0.221 e. The van der Waals surface area contributed by atoms with Crippen LogP contribution in [-0.2, 0) is 4.79 Å². The van der Waals surface area contributed by atoms with E-state index in [1.165, 1.54) is 19.1 Å². The molecule has 74 valence electrons. The zero-order valence-corrected chi connectivity index (χ0v) is 9.49. The highest BCUT2D eigenvalue weighted by Gasteiger charge is 2.05. The zero-order chi connectivity index (χ0) is 10.7. The number of benzene rings is 1. The summed E-state index contributed by atoms with van der Waals surface area (Å²) in [5.41, 5.74) is 0.255. The first-order chi connectivity index (χ1) is 6.50. The molecule has 0 aliphatic rings. The van der Waals surface area contributed by atoms with Gasteiger partial charge in [0.25, 0.3) is 0 Å². The third-order valence-corrected chi connectivity index (χ3v) is 2.18. The second-order valence-electron chi connectivity index (χ2n) is 2.66. The third kappa shape index (κ3) is 2.69. The van der Waals surface area contributed by atoms with Crippen LogP contribution in [0.2, 0.25) is 0 Å². The number of nitrogens with one attached hydrogen (secondary N) is 1. The van der Waals surface area contributed by atoms with Crippen LogP contribution < -0.4 is 10.4 Å². The van der Waals surface area contributed by atoms with Gasteiger partial charge in [-0.1, -0.05) is 0 Å². The van der Waals surface area contributed by atoms with Crippen LogP contribution in [0.1, 0.15) is 17.3 Å². The van der Waals surface area contributed by atoms with Crippen molar-refractivity contribution in [1.82, 2.24) is 0 Å². The van der Waals surface area contributed by atoms with Crippen LogP contribution in [0.15, 0.2) is 18.2 Å². The summed E-state index contributed by atoms with van der Waals surface area (Å²) in [6.07, 6.45) is 0. The van der Waals surface area contributed by atoms with Crippen LogP contribution in [0.5, 0.6) is 0 Å². The quantitative estimate of drug-likeness (QED) is 0.814. The van der Waals surface area contributed by atoms with Gasteiger partial charge in [-0.15, -0.1) is 0 Å². The Balaban J connectivity index is 3.14. The molecule has 0 heterocycles. The summed E-state index contributed by atoms with van der Waals surface area (Å²) in [5.74, 6) is -1.61. The van der Waals surface area contributed by atoms with E-state index in [1.807, 2.05) is 22.6 Å². The Morgan fingerprint density at radius 2 is 2.07 bits per heavy atom. The number of rotatable bonds is 2. The third-order valence-electron chi connectivity index (χ3n) is 1.51. The lowest BCUT2D eigenvalue weighted by molar-refractivity contribution is -0.254. The van der Waals surface area contributed by atoms with E-state index in [0.717, 1.165) is 3.57 Å². The Hall–Kier alpha value is -1.11. The fraction of sp³-hybridized carbons (Fsp3) is 0.111.